The zero-order valence-corrected chi connectivity index (χ0v) is 19.2. The second-order valence-corrected chi connectivity index (χ2v) is 8.33. The highest BCUT2D eigenvalue weighted by molar-refractivity contribution is 7.08. The van der Waals surface area contributed by atoms with Crippen molar-refractivity contribution in [2.45, 2.75) is 12.8 Å². The van der Waals surface area contributed by atoms with E-state index in [2.05, 4.69) is 26.1 Å². The number of nitrogens with zero attached hydrogens (tertiary/aromatic N) is 4. The number of para-hydroxylation sites is 1. The molecule has 5 rings (SSSR count). The Morgan fingerprint density at radius 3 is 2.43 bits per heavy atom. The molecule has 2 aromatic carbocycles. The monoisotopic (exact) mass is 484 g/mol. The topological polar surface area (TPSA) is 115 Å². The number of hydrogen-bond donors (Lipinski definition) is 2. The van der Waals surface area contributed by atoms with Crippen molar-refractivity contribution < 1.29 is 14.0 Å². The van der Waals surface area contributed by atoms with Crippen molar-refractivity contribution >= 4 is 23.2 Å². The summed E-state index contributed by atoms with van der Waals surface area (Å²) in [6, 6.07) is 20.8. The predicted octanol–water partition coefficient (Wildman–Crippen LogP) is 4.04. The van der Waals surface area contributed by atoms with Gasteiger partial charge in [-0.1, -0.05) is 48.5 Å². The van der Waals surface area contributed by atoms with Gasteiger partial charge in [0.15, 0.2) is 0 Å². The average molecular weight is 485 g/mol. The van der Waals surface area contributed by atoms with Crippen molar-refractivity contribution in [3.63, 3.8) is 0 Å². The third-order valence-corrected chi connectivity index (χ3v) is 5.83. The number of hydrogen-bond acceptors (Lipinski definition) is 7. The van der Waals surface area contributed by atoms with Crippen LogP contribution in [0.15, 0.2) is 88.1 Å². The Bertz CT molecular complexity index is 1430. The molecule has 0 aliphatic rings. The summed E-state index contributed by atoms with van der Waals surface area (Å²) in [5, 5.41) is 16.4. The van der Waals surface area contributed by atoms with Gasteiger partial charge in [0.25, 0.3) is 5.91 Å². The molecule has 5 aromatic rings. The maximum Gasteiger partial charge on any atom is 0.273 e. The number of benzene rings is 2. The van der Waals surface area contributed by atoms with E-state index in [1.165, 1.54) is 11.3 Å². The number of carbonyl (C=O) groups is 2. The number of amides is 2. The number of carbonyl (C=O) groups excluding carboxylic acids is 2. The fraction of sp³-hybridized carbons (Fsp3) is 0.0800. The summed E-state index contributed by atoms with van der Waals surface area (Å²) in [6.07, 6.45) is 1.96. The van der Waals surface area contributed by atoms with Gasteiger partial charge in [-0.2, -0.15) is 16.4 Å². The van der Waals surface area contributed by atoms with Gasteiger partial charge in [-0.3, -0.25) is 20.4 Å². The minimum Gasteiger partial charge on any atom is -0.421 e. The van der Waals surface area contributed by atoms with Crippen molar-refractivity contribution in [1.29, 1.82) is 0 Å². The highest BCUT2D eigenvalue weighted by atomic mass is 32.1. The van der Waals surface area contributed by atoms with Crippen LogP contribution >= 0.6 is 11.3 Å². The quantitative estimate of drug-likeness (QED) is 0.337. The smallest absolute Gasteiger partial charge is 0.273 e. The van der Waals surface area contributed by atoms with E-state index in [1.807, 2.05) is 77.5 Å². The third-order valence-electron chi connectivity index (χ3n) is 5.14. The van der Waals surface area contributed by atoms with E-state index >= 15 is 0 Å². The molecule has 0 radical (unpaired) electrons. The van der Waals surface area contributed by atoms with E-state index in [0.717, 1.165) is 16.8 Å². The van der Waals surface area contributed by atoms with E-state index < -0.39 is 5.91 Å². The Morgan fingerprint density at radius 2 is 1.69 bits per heavy atom. The lowest BCUT2D eigenvalue weighted by Gasteiger charge is -2.07. The van der Waals surface area contributed by atoms with Crippen LogP contribution in [0.5, 0.6) is 0 Å². The molecule has 0 bridgehead atoms. The molecule has 0 saturated carbocycles. The minimum atomic E-state index is -0.475. The lowest BCUT2D eigenvalue weighted by molar-refractivity contribution is -0.121. The fourth-order valence-electron chi connectivity index (χ4n) is 3.40. The van der Waals surface area contributed by atoms with Crippen molar-refractivity contribution in [1.82, 2.24) is 30.8 Å². The summed E-state index contributed by atoms with van der Waals surface area (Å²) < 4.78 is 7.23. The molecule has 0 aliphatic carbocycles. The molecule has 0 aliphatic heterocycles. The Labute approximate surface area is 204 Å². The van der Waals surface area contributed by atoms with Crippen LogP contribution in [-0.4, -0.2) is 31.8 Å². The summed E-state index contributed by atoms with van der Waals surface area (Å²) in [5.74, 6) is -0.0933. The molecule has 0 spiro atoms. The number of aryl methyl sites for hydroxylation is 1. The SMILES string of the molecule is O=C(CCc1nnc(-c2ccsc2)o1)NNC(=O)c1cn(-c2ccccc2)nc1-c1ccccc1. The van der Waals surface area contributed by atoms with E-state index in [1.54, 1.807) is 10.9 Å². The van der Waals surface area contributed by atoms with Gasteiger partial charge in [-0.15, -0.1) is 10.2 Å². The molecule has 2 N–H and O–H groups in total. The molecule has 0 fully saturated rings. The Kier molecular flexibility index (Phi) is 6.44. The van der Waals surface area contributed by atoms with Crippen molar-refractivity contribution in [2.24, 2.45) is 0 Å². The molecular formula is C25H20N6O3S. The van der Waals surface area contributed by atoms with Crippen LogP contribution in [0.25, 0.3) is 28.4 Å². The fourth-order valence-corrected chi connectivity index (χ4v) is 4.03. The first-order chi connectivity index (χ1) is 17.2. The maximum absolute atomic E-state index is 13.0. The Balaban J connectivity index is 1.24. The number of nitrogens with one attached hydrogen (secondary N) is 2. The number of rotatable bonds is 7. The number of aromatic nitrogens is 4. The molecule has 3 heterocycles. The number of thiophene rings is 1. The largest absolute Gasteiger partial charge is 0.421 e. The van der Waals surface area contributed by atoms with Gasteiger partial charge >= 0.3 is 0 Å². The molecule has 10 heteroatoms. The predicted molar refractivity (Wildman–Crippen MR) is 131 cm³/mol. The van der Waals surface area contributed by atoms with Gasteiger partial charge in [-0.25, -0.2) is 4.68 Å². The zero-order chi connectivity index (χ0) is 24.0. The lowest BCUT2D eigenvalue weighted by Crippen LogP contribution is -2.41. The highest BCUT2D eigenvalue weighted by Gasteiger charge is 2.19. The van der Waals surface area contributed by atoms with E-state index in [9.17, 15) is 9.59 Å². The van der Waals surface area contributed by atoms with Crippen LogP contribution in [0, 0.1) is 0 Å². The van der Waals surface area contributed by atoms with Gasteiger partial charge in [0, 0.05) is 35.5 Å². The van der Waals surface area contributed by atoms with Crippen LogP contribution in [0.4, 0.5) is 0 Å². The average Bonchev–Trinajstić information content (AvgIpc) is 3.67. The molecule has 174 valence electrons. The minimum absolute atomic E-state index is 0.0698. The normalized spacial score (nSPS) is 10.7. The summed E-state index contributed by atoms with van der Waals surface area (Å²) in [5.41, 5.74) is 8.21. The molecule has 0 atom stereocenters. The molecule has 3 aromatic heterocycles. The zero-order valence-electron chi connectivity index (χ0n) is 18.4. The first-order valence-electron chi connectivity index (χ1n) is 10.8. The highest BCUT2D eigenvalue weighted by Crippen LogP contribution is 2.24. The van der Waals surface area contributed by atoms with Gasteiger partial charge in [0.2, 0.25) is 17.7 Å². The Morgan fingerprint density at radius 1 is 0.914 bits per heavy atom. The summed E-state index contributed by atoms with van der Waals surface area (Å²) >= 11 is 1.53. The molecule has 0 saturated heterocycles. The van der Waals surface area contributed by atoms with E-state index in [0.29, 0.717) is 23.0 Å². The van der Waals surface area contributed by atoms with Crippen molar-refractivity contribution in [3.05, 3.63) is 95.1 Å². The van der Waals surface area contributed by atoms with Crippen LogP contribution in [0.3, 0.4) is 0 Å². The van der Waals surface area contributed by atoms with E-state index in [4.69, 9.17) is 4.42 Å². The third kappa shape index (κ3) is 5.17. The van der Waals surface area contributed by atoms with Crippen LogP contribution in [0.2, 0.25) is 0 Å². The standard InChI is InChI=1S/C25H20N6O3S/c32-21(11-12-22-27-29-25(34-22)18-13-14-35-16-18)26-28-24(33)20-15-31(19-9-5-2-6-10-19)30-23(20)17-7-3-1-4-8-17/h1-10,13-16H,11-12H2,(H,26,32)(H,28,33). The van der Waals surface area contributed by atoms with Gasteiger partial charge in [-0.05, 0) is 23.6 Å². The van der Waals surface area contributed by atoms with Gasteiger partial charge in [0.1, 0.15) is 5.69 Å². The second-order valence-electron chi connectivity index (χ2n) is 7.55. The number of hydrazine groups is 1. The summed E-state index contributed by atoms with van der Waals surface area (Å²) in [4.78, 5) is 25.3. The van der Waals surface area contributed by atoms with Crippen molar-refractivity contribution in [3.8, 4) is 28.4 Å². The summed E-state index contributed by atoms with van der Waals surface area (Å²) in [7, 11) is 0. The Hall–Kier alpha value is -4.57. The van der Waals surface area contributed by atoms with Gasteiger partial charge < -0.3 is 4.42 Å². The van der Waals surface area contributed by atoms with E-state index in [-0.39, 0.29) is 18.7 Å². The molecule has 35 heavy (non-hydrogen) atoms. The first kappa shape index (κ1) is 22.2. The molecule has 0 unspecified atom stereocenters. The molecule has 2 amide bonds. The van der Waals surface area contributed by atoms with Gasteiger partial charge in [0.05, 0.1) is 11.3 Å². The summed E-state index contributed by atoms with van der Waals surface area (Å²) in [6.45, 7) is 0. The van der Waals surface area contributed by atoms with Crippen LogP contribution < -0.4 is 10.9 Å². The molecule has 9 nitrogen and oxygen atoms in total. The molecular weight excluding hydrogens is 464 g/mol. The van der Waals surface area contributed by atoms with Crippen molar-refractivity contribution in [2.75, 3.05) is 0 Å². The van der Waals surface area contributed by atoms with Crippen LogP contribution in [0.1, 0.15) is 22.7 Å². The maximum atomic E-state index is 13.0. The second kappa shape index (κ2) is 10.1. The lowest BCUT2D eigenvalue weighted by atomic mass is 10.1. The van der Waals surface area contributed by atoms with Crippen LogP contribution in [-0.2, 0) is 11.2 Å². The first-order valence-corrected chi connectivity index (χ1v) is 11.8.